The van der Waals surface area contributed by atoms with Gasteiger partial charge in [-0.15, -0.1) is 0 Å². The van der Waals surface area contributed by atoms with Crippen molar-refractivity contribution in [2.45, 2.75) is 19.3 Å². The lowest BCUT2D eigenvalue weighted by atomic mass is 10.0. The fraction of sp³-hybridized carbons (Fsp3) is 0.385. The summed E-state index contributed by atoms with van der Waals surface area (Å²) >= 11 is 0. The van der Waals surface area contributed by atoms with Crippen LogP contribution in [0.3, 0.4) is 0 Å². The third-order valence-electron chi connectivity index (χ3n) is 3.37. The maximum absolute atomic E-state index is 13.1. The number of rotatable bonds is 3. The summed E-state index contributed by atoms with van der Waals surface area (Å²) in [5.41, 5.74) is 0.249. The predicted octanol–water partition coefficient (Wildman–Crippen LogP) is 1.97. The number of anilines is 1. The first kappa shape index (κ1) is 13.3. The fourth-order valence-corrected chi connectivity index (χ4v) is 2.27. The van der Waals surface area contributed by atoms with Crippen molar-refractivity contribution >= 4 is 17.6 Å². The van der Waals surface area contributed by atoms with E-state index in [1.807, 2.05) is 0 Å². The van der Waals surface area contributed by atoms with Gasteiger partial charge in [0, 0.05) is 17.7 Å². The number of hydrogen-bond acceptors (Lipinski definition) is 3. The summed E-state index contributed by atoms with van der Waals surface area (Å²) in [5, 5.41) is 20.4. The van der Waals surface area contributed by atoms with Gasteiger partial charge in [0.15, 0.2) is 11.6 Å². The van der Waals surface area contributed by atoms with Gasteiger partial charge in [0.25, 0.3) is 0 Å². The van der Waals surface area contributed by atoms with E-state index in [9.17, 15) is 14.0 Å². The molecular formula is C13H14FNO4. The van der Waals surface area contributed by atoms with Gasteiger partial charge in [-0.3, -0.25) is 9.59 Å². The maximum atomic E-state index is 13.1. The van der Waals surface area contributed by atoms with E-state index in [1.54, 1.807) is 0 Å². The van der Waals surface area contributed by atoms with Gasteiger partial charge in [-0.2, -0.15) is 0 Å². The topological polar surface area (TPSA) is 86.6 Å². The number of aliphatic carboxylic acids is 1. The molecule has 0 saturated heterocycles. The smallest absolute Gasteiger partial charge is 0.306 e. The SMILES string of the molecule is O=C(O)[C@H]1CC[C@@H](C(=O)Nc2ccc(O)c(F)c2)C1. The number of amides is 1. The van der Waals surface area contributed by atoms with Crippen LogP contribution < -0.4 is 5.32 Å². The molecule has 2 atom stereocenters. The highest BCUT2D eigenvalue weighted by atomic mass is 19.1. The number of phenolic OH excluding ortho intramolecular Hbond substituents is 1. The molecule has 0 spiro atoms. The molecule has 1 aromatic rings. The van der Waals surface area contributed by atoms with E-state index in [0.717, 1.165) is 12.1 Å². The Labute approximate surface area is 109 Å². The molecule has 1 amide bonds. The van der Waals surface area contributed by atoms with Crippen molar-refractivity contribution in [2.24, 2.45) is 11.8 Å². The molecule has 2 rings (SSSR count). The van der Waals surface area contributed by atoms with Gasteiger partial charge >= 0.3 is 5.97 Å². The minimum atomic E-state index is -0.883. The highest BCUT2D eigenvalue weighted by molar-refractivity contribution is 5.93. The molecule has 1 saturated carbocycles. The molecule has 0 heterocycles. The van der Waals surface area contributed by atoms with E-state index < -0.39 is 23.5 Å². The van der Waals surface area contributed by atoms with E-state index in [-0.39, 0.29) is 17.5 Å². The standard InChI is InChI=1S/C13H14FNO4/c14-10-6-9(3-4-11(10)16)15-12(17)7-1-2-8(5-7)13(18)19/h3-4,6-8,16H,1-2,5H2,(H,15,17)(H,18,19)/t7-,8+/m1/s1. The van der Waals surface area contributed by atoms with Crippen LogP contribution in [0.1, 0.15) is 19.3 Å². The highest BCUT2D eigenvalue weighted by Crippen LogP contribution is 2.32. The number of phenols is 1. The van der Waals surface area contributed by atoms with Crippen molar-refractivity contribution in [2.75, 3.05) is 5.32 Å². The molecule has 3 N–H and O–H groups in total. The summed E-state index contributed by atoms with van der Waals surface area (Å²) in [6.07, 6.45) is 1.31. The number of aromatic hydroxyl groups is 1. The average Bonchev–Trinajstić information content (AvgIpc) is 2.83. The molecular weight excluding hydrogens is 253 g/mol. The van der Waals surface area contributed by atoms with Crippen LogP contribution >= 0.6 is 0 Å². The first-order valence-electron chi connectivity index (χ1n) is 5.99. The van der Waals surface area contributed by atoms with Crippen molar-refractivity contribution in [1.82, 2.24) is 0 Å². The van der Waals surface area contributed by atoms with Crippen molar-refractivity contribution < 1.29 is 24.2 Å². The zero-order valence-electron chi connectivity index (χ0n) is 10.1. The number of nitrogens with one attached hydrogen (secondary N) is 1. The second-order valence-electron chi connectivity index (χ2n) is 4.70. The van der Waals surface area contributed by atoms with Crippen LogP contribution in [-0.2, 0) is 9.59 Å². The lowest BCUT2D eigenvalue weighted by Gasteiger charge is -2.11. The summed E-state index contributed by atoms with van der Waals surface area (Å²) < 4.78 is 13.1. The van der Waals surface area contributed by atoms with Gasteiger partial charge in [-0.25, -0.2) is 4.39 Å². The second-order valence-corrected chi connectivity index (χ2v) is 4.70. The van der Waals surface area contributed by atoms with E-state index in [4.69, 9.17) is 10.2 Å². The quantitative estimate of drug-likeness (QED) is 0.731. The molecule has 0 aromatic heterocycles. The van der Waals surface area contributed by atoms with Gasteiger partial charge < -0.3 is 15.5 Å². The molecule has 102 valence electrons. The molecule has 1 fully saturated rings. The maximum Gasteiger partial charge on any atom is 0.306 e. The Kier molecular flexibility index (Phi) is 3.69. The van der Waals surface area contributed by atoms with Crippen LogP contribution in [0.4, 0.5) is 10.1 Å². The number of carboxylic acid groups (broad SMARTS) is 1. The number of benzene rings is 1. The minimum absolute atomic E-state index is 0.249. The van der Waals surface area contributed by atoms with E-state index >= 15 is 0 Å². The average molecular weight is 267 g/mol. The third kappa shape index (κ3) is 3.01. The summed E-state index contributed by atoms with van der Waals surface area (Å²) in [6.45, 7) is 0. The molecule has 6 heteroatoms. The Morgan fingerprint density at radius 1 is 1.26 bits per heavy atom. The lowest BCUT2D eigenvalue weighted by molar-refractivity contribution is -0.141. The second kappa shape index (κ2) is 5.26. The number of halogens is 1. The van der Waals surface area contributed by atoms with Crippen LogP contribution in [-0.4, -0.2) is 22.1 Å². The van der Waals surface area contributed by atoms with Crippen LogP contribution in [0.2, 0.25) is 0 Å². The molecule has 0 unspecified atom stereocenters. The van der Waals surface area contributed by atoms with Crippen LogP contribution in [0.5, 0.6) is 5.75 Å². The summed E-state index contributed by atoms with van der Waals surface area (Å²) in [5.74, 6) is -3.33. The zero-order chi connectivity index (χ0) is 14.0. The van der Waals surface area contributed by atoms with Gasteiger partial charge in [0.1, 0.15) is 0 Å². The first-order chi connectivity index (χ1) is 8.97. The molecule has 0 aliphatic heterocycles. The Hall–Kier alpha value is -2.11. The Morgan fingerprint density at radius 2 is 1.95 bits per heavy atom. The van der Waals surface area contributed by atoms with Gasteiger partial charge in [-0.1, -0.05) is 0 Å². The highest BCUT2D eigenvalue weighted by Gasteiger charge is 2.33. The number of hydrogen-bond donors (Lipinski definition) is 3. The molecule has 0 radical (unpaired) electrons. The third-order valence-corrected chi connectivity index (χ3v) is 3.37. The van der Waals surface area contributed by atoms with Crippen LogP contribution in [0.25, 0.3) is 0 Å². The monoisotopic (exact) mass is 267 g/mol. The number of carbonyl (C=O) groups is 2. The van der Waals surface area contributed by atoms with Gasteiger partial charge in [0.2, 0.25) is 5.91 Å². The van der Waals surface area contributed by atoms with E-state index in [1.165, 1.54) is 6.07 Å². The van der Waals surface area contributed by atoms with E-state index in [0.29, 0.717) is 19.3 Å². The zero-order valence-corrected chi connectivity index (χ0v) is 10.1. The molecule has 1 aromatic carbocycles. The van der Waals surface area contributed by atoms with Crippen LogP contribution in [0, 0.1) is 17.7 Å². The van der Waals surface area contributed by atoms with E-state index in [2.05, 4.69) is 5.32 Å². The van der Waals surface area contributed by atoms with Crippen molar-refractivity contribution in [3.05, 3.63) is 24.0 Å². The number of carboxylic acids is 1. The summed E-state index contributed by atoms with van der Waals surface area (Å²) in [4.78, 5) is 22.7. The normalized spacial score (nSPS) is 22.2. The van der Waals surface area contributed by atoms with Crippen molar-refractivity contribution in [3.8, 4) is 5.75 Å². The summed E-state index contributed by atoms with van der Waals surface area (Å²) in [7, 11) is 0. The Bertz CT molecular complexity index is 517. The van der Waals surface area contributed by atoms with Crippen LogP contribution in [0.15, 0.2) is 18.2 Å². The molecule has 5 nitrogen and oxygen atoms in total. The Balaban J connectivity index is 1.98. The molecule has 0 bridgehead atoms. The molecule has 19 heavy (non-hydrogen) atoms. The lowest BCUT2D eigenvalue weighted by Crippen LogP contribution is -2.21. The summed E-state index contributed by atoms with van der Waals surface area (Å²) in [6, 6.07) is 3.57. The first-order valence-corrected chi connectivity index (χ1v) is 5.99. The molecule has 1 aliphatic carbocycles. The molecule has 1 aliphatic rings. The van der Waals surface area contributed by atoms with Crippen molar-refractivity contribution in [1.29, 1.82) is 0 Å². The predicted molar refractivity (Wildman–Crippen MR) is 65.2 cm³/mol. The van der Waals surface area contributed by atoms with Gasteiger partial charge in [0.05, 0.1) is 5.92 Å². The largest absolute Gasteiger partial charge is 0.505 e. The number of carbonyl (C=O) groups excluding carboxylic acids is 1. The fourth-order valence-electron chi connectivity index (χ4n) is 2.27. The minimum Gasteiger partial charge on any atom is -0.505 e. The Morgan fingerprint density at radius 3 is 2.53 bits per heavy atom. The van der Waals surface area contributed by atoms with Gasteiger partial charge in [-0.05, 0) is 31.4 Å². The van der Waals surface area contributed by atoms with Crippen molar-refractivity contribution in [3.63, 3.8) is 0 Å².